The van der Waals surface area contributed by atoms with E-state index >= 15 is 0 Å². The Morgan fingerprint density at radius 2 is 1.42 bits per heavy atom. The van der Waals surface area contributed by atoms with E-state index in [4.69, 9.17) is 23.7 Å². The summed E-state index contributed by atoms with van der Waals surface area (Å²) in [5.74, 6) is -2.91. The molecule has 1 aliphatic heterocycles. The summed E-state index contributed by atoms with van der Waals surface area (Å²) in [7, 11) is 0. The van der Waals surface area contributed by atoms with Gasteiger partial charge < -0.3 is 23.7 Å². The molecule has 0 spiro atoms. The first-order valence-electron chi connectivity index (χ1n) is 13.7. The molecule has 2 aromatic carbocycles. The smallest absolute Gasteiger partial charge is 0.303 e. The topological polar surface area (TPSA) is 114 Å². The van der Waals surface area contributed by atoms with Gasteiger partial charge in [0.15, 0.2) is 18.3 Å². The lowest BCUT2D eigenvalue weighted by Gasteiger charge is -2.44. The summed E-state index contributed by atoms with van der Waals surface area (Å²) in [6.45, 7) is 6.48. The number of carbonyl (C=O) groups is 4. The number of hydrogen-bond donors (Lipinski definition) is 0. The molecule has 0 saturated carbocycles. The van der Waals surface area contributed by atoms with E-state index < -0.39 is 54.4 Å². The molecule has 0 amide bonds. The summed E-state index contributed by atoms with van der Waals surface area (Å²) in [5, 5.41) is 0. The highest BCUT2D eigenvalue weighted by Crippen LogP contribution is 2.39. The standard InChI is InChI=1S/C32H33FO9S/c1-17-6-7-23(14-24(17)15-26-12-13-28(43-26)22-8-10-25(33)11-9-22)29-31(40-20(4)36)32(41-21(5)37)30(39-19(3)35)27(42-29)16-38-18(2)34/h6-14,27,29-32H,15-16H2,1-5H3/t27?,29?,30-,31+,32+/m1/s1. The summed E-state index contributed by atoms with van der Waals surface area (Å²) in [5.41, 5.74) is 3.51. The zero-order valence-corrected chi connectivity index (χ0v) is 25.3. The zero-order chi connectivity index (χ0) is 31.3. The van der Waals surface area contributed by atoms with Crippen molar-refractivity contribution >= 4 is 35.2 Å². The fourth-order valence-electron chi connectivity index (χ4n) is 4.99. The maximum atomic E-state index is 13.4. The number of aryl methyl sites for hydroxylation is 1. The van der Waals surface area contributed by atoms with Crippen LogP contribution >= 0.6 is 11.3 Å². The van der Waals surface area contributed by atoms with Gasteiger partial charge in [-0.25, -0.2) is 4.39 Å². The SMILES string of the molecule is CC(=O)OCC1OC(c2ccc(C)c(Cc3ccc(-c4ccc(F)cc4)s3)c2)[C@H](OC(C)=O)[C@@H](OC(C)=O)[C@@H]1OC(C)=O. The van der Waals surface area contributed by atoms with E-state index in [1.54, 1.807) is 23.5 Å². The van der Waals surface area contributed by atoms with E-state index in [-0.39, 0.29) is 12.4 Å². The molecule has 1 saturated heterocycles. The molecule has 1 aliphatic rings. The summed E-state index contributed by atoms with van der Waals surface area (Å²) in [6.07, 6.45) is -5.06. The number of esters is 4. The molecule has 0 bridgehead atoms. The van der Waals surface area contributed by atoms with E-state index in [0.717, 1.165) is 26.4 Å². The van der Waals surface area contributed by atoms with Gasteiger partial charge in [-0.1, -0.05) is 30.3 Å². The first-order chi connectivity index (χ1) is 20.4. The van der Waals surface area contributed by atoms with Crippen molar-refractivity contribution in [2.75, 3.05) is 6.61 Å². The van der Waals surface area contributed by atoms with Crippen LogP contribution in [0.4, 0.5) is 4.39 Å². The molecule has 2 heterocycles. The Labute approximate surface area is 252 Å². The molecule has 0 radical (unpaired) electrons. The van der Waals surface area contributed by atoms with Crippen LogP contribution in [0.25, 0.3) is 10.4 Å². The fraction of sp³-hybridized carbons (Fsp3) is 0.375. The minimum Gasteiger partial charge on any atom is -0.463 e. The van der Waals surface area contributed by atoms with Gasteiger partial charge in [0.2, 0.25) is 0 Å². The summed E-state index contributed by atoms with van der Waals surface area (Å²) in [4.78, 5) is 50.1. The van der Waals surface area contributed by atoms with Crippen molar-refractivity contribution in [3.05, 3.63) is 82.0 Å². The Morgan fingerprint density at radius 3 is 2.05 bits per heavy atom. The lowest BCUT2D eigenvalue weighted by Crippen LogP contribution is -2.59. The predicted octanol–water partition coefficient (Wildman–Crippen LogP) is 5.25. The van der Waals surface area contributed by atoms with Crippen LogP contribution in [0.3, 0.4) is 0 Å². The molecule has 1 aromatic heterocycles. The van der Waals surface area contributed by atoms with Crippen LogP contribution in [0, 0.1) is 12.7 Å². The highest BCUT2D eigenvalue weighted by atomic mass is 32.1. The maximum Gasteiger partial charge on any atom is 0.303 e. The summed E-state index contributed by atoms with van der Waals surface area (Å²) >= 11 is 1.59. The van der Waals surface area contributed by atoms with E-state index in [1.165, 1.54) is 39.8 Å². The van der Waals surface area contributed by atoms with Gasteiger partial charge in [0.05, 0.1) is 0 Å². The molecule has 43 heavy (non-hydrogen) atoms. The number of hydrogen-bond acceptors (Lipinski definition) is 10. The van der Waals surface area contributed by atoms with Crippen LogP contribution in [0.2, 0.25) is 0 Å². The monoisotopic (exact) mass is 612 g/mol. The van der Waals surface area contributed by atoms with Crippen molar-refractivity contribution in [1.29, 1.82) is 0 Å². The Kier molecular flexibility index (Phi) is 10.3. The van der Waals surface area contributed by atoms with Gasteiger partial charge in [-0.05, 0) is 53.4 Å². The van der Waals surface area contributed by atoms with Crippen LogP contribution in [-0.4, -0.2) is 54.9 Å². The zero-order valence-electron chi connectivity index (χ0n) is 24.5. The van der Waals surface area contributed by atoms with Crippen molar-refractivity contribution in [3.63, 3.8) is 0 Å². The van der Waals surface area contributed by atoms with Gasteiger partial charge in [-0.15, -0.1) is 11.3 Å². The van der Waals surface area contributed by atoms with Crippen LogP contribution in [-0.2, 0) is 49.3 Å². The highest BCUT2D eigenvalue weighted by molar-refractivity contribution is 7.15. The second-order valence-electron chi connectivity index (χ2n) is 10.3. The number of benzene rings is 2. The molecule has 3 aromatic rings. The van der Waals surface area contributed by atoms with Crippen LogP contribution < -0.4 is 0 Å². The molecule has 0 N–H and O–H groups in total. The van der Waals surface area contributed by atoms with Gasteiger partial charge in [0.1, 0.15) is 24.6 Å². The van der Waals surface area contributed by atoms with Crippen molar-refractivity contribution in [2.45, 2.75) is 71.6 Å². The number of carbonyl (C=O) groups excluding carboxylic acids is 4. The number of thiophene rings is 1. The largest absolute Gasteiger partial charge is 0.463 e. The van der Waals surface area contributed by atoms with Crippen molar-refractivity contribution in [2.24, 2.45) is 0 Å². The molecule has 5 atom stereocenters. The van der Waals surface area contributed by atoms with Crippen molar-refractivity contribution < 1.29 is 47.3 Å². The maximum absolute atomic E-state index is 13.4. The van der Waals surface area contributed by atoms with Crippen molar-refractivity contribution in [3.8, 4) is 10.4 Å². The molecule has 228 valence electrons. The van der Waals surface area contributed by atoms with E-state index in [0.29, 0.717) is 12.0 Å². The average molecular weight is 613 g/mol. The van der Waals surface area contributed by atoms with Gasteiger partial charge in [0.25, 0.3) is 0 Å². The second kappa shape index (κ2) is 13.9. The fourth-order valence-corrected chi connectivity index (χ4v) is 6.02. The van der Waals surface area contributed by atoms with E-state index in [1.807, 2.05) is 37.3 Å². The Balaban J connectivity index is 1.70. The van der Waals surface area contributed by atoms with Crippen LogP contribution in [0.5, 0.6) is 0 Å². The quantitative estimate of drug-likeness (QED) is 0.236. The molecule has 11 heteroatoms. The number of halogens is 1. The first kappa shape index (κ1) is 31.8. The summed E-state index contributed by atoms with van der Waals surface area (Å²) in [6, 6.07) is 16.0. The Morgan fingerprint density at radius 1 is 0.791 bits per heavy atom. The molecular weight excluding hydrogens is 579 g/mol. The molecule has 4 rings (SSSR count). The van der Waals surface area contributed by atoms with Crippen LogP contribution in [0.1, 0.15) is 55.4 Å². The third-order valence-corrected chi connectivity index (χ3v) is 7.98. The predicted molar refractivity (Wildman–Crippen MR) is 155 cm³/mol. The second-order valence-corrected chi connectivity index (χ2v) is 11.4. The minimum absolute atomic E-state index is 0.296. The molecular formula is C32H33FO9S. The normalized spacial score (nSPS) is 21.5. The van der Waals surface area contributed by atoms with Crippen LogP contribution in [0.15, 0.2) is 54.6 Å². The minimum atomic E-state index is -1.25. The summed E-state index contributed by atoms with van der Waals surface area (Å²) < 4.78 is 41.6. The molecule has 0 aliphatic carbocycles. The molecule has 9 nitrogen and oxygen atoms in total. The molecule has 2 unspecified atom stereocenters. The van der Waals surface area contributed by atoms with Gasteiger partial charge in [-0.2, -0.15) is 0 Å². The lowest BCUT2D eigenvalue weighted by atomic mass is 9.88. The third-order valence-electron chi connectivity index (χ3n) is 6.85. The van der Waals surface area contributed by atoms with E-state index in [9.17, 15) is 23.6 Å². The van der Waals surface area contributed by atoms with Gasteiger partial charge >= 0.3 is 23.9 Å². The highest BCUT2D eigenvalue weighted by Gasteiger charge is 2.52. The number of ether oxygens (including phenoxy) is 5. The lowest BCUT2D eigenvalue weighted by molar-refractivity contribution is -0.254. The first-order valence-corrected chi connectivity index (χ1v) is 14.5. The van der Waals surface area contributed by atoms with Crippen molar-refractivity contribution in [1.82, 2.24) is 0 Å². The Hall–Kier alpha value is -4.09. The van der Waals surface area contributed by atoms with E-state index in [2.05, 4.69) is 0 Å². The third kappa shape index (κ3) is 8.26. The Bertz CT molecular complexity index is 1480. The van der Waals surface area contributed by atoms with Gasteiger partial charge in [-0.3, -0.25) is 19.2 Å². The molecule has 1 fully saturated rings. The average Bonchev–Trinajstić information content (AvgIpc) is 3.39. The van der Waals surface area contributed by atoms with Gasteiger partial charge in [0, 0.05) is 43.9 Å². The number of rotatable bonds is 9.